The molecule has 13 heavy (non-hydrogen) atoms. The largest absolute Gasteiger partial charge is 0.529 e. The van der Waals surface area contributed by atoms with Crippen LogP contribution in [0.2, 0.25) is 0 Å². The SMILES string of the molecule is CC(C)(C)N(C(=O)[O-])N1CCCC1. The van der Waals surface area contributed by atoms with E-state index in [4.69, 9.17) is 0 Å². The lowest BCUT2D eigenvalue weighted by atomic mass is 10.1. The highest BCUT2D eigenvalue weighted by Gasteiger charge is 2.28. The Labute approximate surface area is 79.1 Å². The van der Waals surface area contributed by atoms with Crippen LogP contribution in [0, 0.1) is 0 Å². The molecule has 0 bridgehead atoms. The fraction of sp³-hybridized carbons (Fsp3) is 0.889. The highest BCUT2D eigenvalue weighted by atomic mass is 16.4. The third-order valence-corrected chi connectivity index (χ3v) is 2.17. The minimum atomic E-state index is -1.10. The summed E-state index contributed by atoms with van der Waals surface area (Å²) >= 11 is 0. The summed E-state index contributed by atoms with van der Waals surface area (Å²) in [5, 5.41) is 14.1. The molecule has 1 heterocycles. The molecule has 0 unspecified atom stereocenters. The standard InChI is InChI=1S/C9H18N2O2/c1-9(2,3)11(8(12)13)10-6-4-5-7-10/h4-7H2,1-3H3,(H,12,13)/p-1. The number of hydrogen-bond acceptors (Lipinski definition) is 3. The van der Waals surface area contributed by atoms with Gasteiger partial charge in [-0.15, -0.1) is 0 Å². The van der Waals surface area contributed by atoms with Gasteiger partial charge >= 0.3 is 0 Å². The molecule has 76 valence electrons. The van der Waals surface area contributed by atoms with E-state index in [1.54, 1.807) is 0 Å². The van der Waals surface area contributed by atoms with Gasteiger partial charge < -0.3 is 9.90 Å². The maximum Gasteiger partial charge on any atom is 0.152 e. The molecule has 4 nitrogen and oxygen atoms in total. The first kappa shape index (κ1) is 10.3. The number of carbonyl (C=O) groups excluding carboxylic acids is 1. The van der Waals surface area contributed by atoms with E-state index >= 15 is 0 Å². The van der Waals surface area contributed by atoms with Crippen molar-refractivity contribution in [3.63, 3.8) is 0 Å². The van der Waals surface area contributed by atoms with E-state index in [1.807, 2.05) is 25.8 Å². The summed E-state index contributed by atoms with van der Waals surface area (Å²) in [7, 11) is 0. The second kappa shape index (κ2) is 3.54. The van der Waals surface area contributed by atoms with E-state index < -0.39 is 11.6 Å². The number of hydrazine groups is 1. The third kappa shape index (κ3) is 2.34. The predicted octanol–water partition coefficient (Wildman–Crippen LogP) is 0.441. The molecule has 0 aliphatic carbocycles. The van der Waals surface area contributed by atoms with Crippen molar-refractivity contribution in [3.8, 4) is 0 Å². The van der Waals surface area contributed by atoms with E-state index in [0.717, 1.165) is 25.9 Å². The molecule has 1 rings (SSSR count). The molecule has 1 fully saturated rings. The first-order valence-corrected chi connectivity index (χ1v) is 4.69. The molecule has 0 saturated carbocycles. The quantitative estimate of drug-likeness (QED) is 0.595. The zero-order valence-corrected chi connectivity index (χ0v) is 8.54. The Bertz CT molecular complexity index is 192. The lowest BCUT2D eigenvalue weighted by Gasteiger charge is -2.43. The number of carboxylic acid groups (broad SMARTS) is 1. The Kier molecular flexibility index (Phi) is 2.81. The van der Waals surface area contributed by atoms with Gasteiger partial charge in [-0.3, -0.25) is 5.01 Å². The molecule has 0 spiro atoms. The first-order chi connectivity index (χ1) is 5.93. The number of amides is 1. The number of rotatable bonds is 1. The molecule has 1 amide bonds. The van der Waals surface area contributed by atoms with Crippen LogP contribution >= 0.6 is 0 Å². The summed E-state index contributed by atoms with van der Waals surface area (Å²) < 4.78 is 0. The van der Waals surface area contributed by atoms with E-state index in [0.29, 0.717) is 0 Å². The summed E-state index contributed by atoms with van der Waals surface area (Å²) in [5.41, 5.74) is -0.400. The van der Waals surface area contributed by atoms with Crippen molar-refractivity contribution in [1.29, 1.82) is 0 Å². The normalized spacial score (nSPS) is 19.0. The monoisotopic (exact) mass is 185 g/mol. The van der Waals surface area contributed by atoms with Crippen molar-refractivity contribution in [2.24, 2.45) is 0 Å². The van der Waals surface area contributed by atoms with Crippen LogP contribution in [0.5, 0.6) is 0 Å². The summed E-state index contributed by atoms with van der Waals surface area (Å²) in [6, 6.07) is 0. The topological polar surface area (TPSA) is 46.6 Å². The Morgan fingerprint density at radius 1 is 1.31 bits per heavy atom. The summed E-state index contributed by atoms with van der Waals surface area (Å²) in [6.07, 6.45) is 1.04. The van der Waals surface area contributed by atoms with Crippen molar-refractivity contribution in [1.82, 2.24) is 10.0 Å². The smallest absolute Gasteiger partial charge is 0.152 e. The minimum Gasteiger partial charge on any atom is -0.529 e. The van der Waals surface area contributed by atoms with Crippen LogP contribution in [-0.4, -0.2) is 34.7 Å². The molecule has 1 aliphatic rings. The van der Waals surface area contributed by atoms with Gasteiger partial charge in [0.15, 0.2) is 6.09 Å². The van der Waals surface area contributed by atoms with Gasteiger partial charge in [-0.05, 0) is 33.6 Å². The first-order valence-electron chi connectivity index (χ1n) is 4.69. The average Bonchev–Trinajstić information content (AvgIpc) is 2.34. The second-order valence-corrected chi connectivity index (χ2v) is 4.41. The van der Waals surface area contributed by atoms with E-state index in [1.165, 1.54) is 5.01 Å². The van der Waals surface area contributed by atoms with E-state index in [9.17, 15) is 9.90 Å². The number of hydrogen-bond donors (Lipinski definition) is 0. The Morgan fingerprint density at radius 2 is 1.77 bits per heavy atom. The van der Waals surface area contributed by atoms with Crippen LogP contribution in [0.15, 0.2) is 0 Å². The van der Waals surface area contributed by atoms with Crippen molar-refractivity contribution in [3.05, 3.63) is 0 Å². The summed E-state index contributed by atoms with van der Waals surface area (Å²) in [6.45, 7) is 7.28. The Morgan fingerprint density at radius 3 is 2.08 bits per heavy atom. The lowest BCUT2D eigenvalue weighted by molar-refractivity contribution is -0.288. The van der Waals surface area contributed by atoms with Crippen molar-refractivity contribution < 1.29 is 9.90 Å². The van der Waals surface area contributed by atoms with E-state index in [-0.39, 0.29) is 0 Å². The molecule has 0 atom stereocenters. The van der Waals surface area contributed by atoms with Crippen molar-refractivity contribution in [2.45, 2.75) is 39.2 Å². The van der Waals surface area contributed by atoms with Crippen LogP contribution in [0.3, 0.4) is 0 Å². The van der Waals surface area contributed by atoms with Crippen molar-refractivity contribution >= 4 is 6.09 Å². The summed E-state index contributed by atoms with van der Waals surface area (Å²) in [4.78, 5) is 10.9. The van der Waals surface area contributed by atoms with E-state index in [2.05, 4.69) is 0 Å². The average molecular weight is 185 g/mol. The van der Waals surface area contributed by atoms with Crippen LogP contribution in [0.4, 0.5) is 4.79 Å². The molecule has 4 heteroatoms. The fourth-order valence-corrected chi connectivity index (χ4v) is 1.71. The molecule has 0 aromatic heterocycles. The van der Waals surface area contributed by atoms with Gasteiger partial charge in [0.1, 0.15) is 0 Å². The minimum absolute atomic E-state index is 0.400. The highest BCUT2D eigenvalue weighted by Crippen LogP contribution is 2.20. The van der Waals surface area contributed by atoms with Crippen LogP contribution < -0.4 is 5.11 Å². The van der Waals surface area contributed by atoms with Gasteiger partial charge in [0.25, 0.3) is 0 Å². The Hall–Kier alpha value is -0.770. The molecule has 1 aliphatic heterocycles. The molecule has 0 radical (unpaired) electrons. The fourth-order valence-electron chi connectivity index (χ4n) is 1.71. The maximum absolute atomic E-state index is 10.9. The predicted molar refractivity (Wildman–Crippen MR) is 47.8 cm³/mol. The number of carbonyl (C=O) groups is 1. The molecule has 1 saturated heterocycles. The molecule has 0 N–H and O–H groups in total. The molecule has 0 aromatic rings. The van der Waals surface area contributed by atoms with Gasteiger partial charge in [0, 0.05) is 18.6 Å². The van der Waals surface area contributed by atoms with Gasteiger partial charge in [0.2, 0.25) is 0 Å². The molecular weight excluding hydrogens is 168 g/mol. The maximum atomic E-state index is 10.9. The zero-order valence-electron chi connectivity index (χ0n) is 8.54. The highest BCUT2D eigenvalue weighted by molar-refractivity contribution is 5.62. The van der Waals surface area contributed by atoms with Gasteiger partial charge in [-0.2, -0.15) is 0 Å². The van der Waals surface area contributed by atoms with Crippen molar-refractivity contribution in [2.75, 3.05) is 13.1 Å². The van der Waals surface area contributed by atoms with Gasteiger partial charge in [0.05, 0.1) is 0 Å². The Balaban J connectivity index is 2.72. The van der Waals surface area contributed by atoms with Crippen LogP contribution in [-0.2, 0) is 0 Å². The summed E-state index contributed by atoms with van der Waals surface area (Å²) in [5.74, 6) is 0. The lowest BCUT2D eigenvalue weighted by Crippen LogP contribution is -2.59. The number of nitrogens with zero attached hydrogens (tertiary/aromatic N) is 2. The zero-order chi connectivity index (χ0) is 10.1. The van der Waals surface area contributed by atoms with Gasteiger partial charge in [-0.1, -0.05) is 0 Å². The molecule has 0 aromatic carbocycles. The molecular formula is C9H17N2O2-. The van der Waals surface area contributed by atoms with Gasteiger partial charge in [-0.25, -0.2) is 5.01 Å². The second-order valence-electron chi connectivity index (χ2n) is 4.41. The van der Waals surface area contributed by atoms with Crippen LogP contribution in [0.25, 0.3) is 0 Å². The third-order valence-electron chi connectivity index (χ3n) is 2.17. The van der Waals surface area contributed by atoms with Crippen LogP contribution in [0.1, 0.15) is 33.6 Å².